The lowest BCUT2D eigenvalue weighted by Crippen LogP contribution is -2.35. The van der Waals surface area contributed by atoms with Gasteiger partial charge in [-0.25, -0.2) is 0 Å². The van der Waals surface area contributed by atoms with Gasteiger partial charge < -0.3 is 0 Å². The summed E-state index contributed by atoms with van der Waals surface area (Å²) in [6.07, 6.45) is 15.0. The van der Waals surface area contributed by atoms with E-state index in [1.807, 2.05) is 0 Å². The molecule has 112 valence electrons. The fourth-order valence-corrected chi connectivity index (χ4v) is 5.01. The third kappa shape index (κ3) is 1.28. The molecule has 1 unspecified atom stereocenters. The molecule has 0 amide bonds. The smallest absolute Gasteiger partial charge is 0.0503 e. The van der Waals surface area contributed by atoms with Crippen LogP contribution in [0.2, 0.25) is 0 Å². The van der Waals surface area contributed by atoms with Crippen LogP contribution >= 0.6 is 0 Å². The van der Waals surface area contributed by atoms with Crippen molar-refractivity contribution < 1.29 is 0 Å². The maximum Gasteiger partial charge on any atom is 0.0503 e. The van der Waals surface area contributed by atoms with Crippen molar-refractivity contribution >= 4 is 17.2 Å². The first kappa shape index (κ1) is 12.5. The van der Waals surface area contributed by atoms with Crippen LogP contribution in [0.5, 0.6) is 0 Å². The molecule has 0 heteroatoms. The van der Waals surface area contributed by atoms with Gasteiger partial charge in [0, 0.05) is 0 Å². The molecule has 0 aromatic heterocycles. The van der Waals surface area contributed by atoms with Gasteiger partial charge in [0.2, 0.25) is 0 Å². The summed E-state index contributed by atoms with van der Waals surface area (Å²) in [5, 5.41) is 0. The van der Waals surface area contributed by atoms with Gasteiger partial charge >= 0.3 is 0 Å². The second-order valence-electron chi connectivity index (χ2n) is 6.97. The number of fused-ring (bicyclic) bond motifs is 4. The zero-order valence-corrected chi connectivity index (χ0v) is 13.3. The monoisotopic (exact) mass is 304 g/mol. The summed E-state index contributed by atoms with van der Waals surface area (Å²) in [5.74, 6) is 0. The van der Waals surface area contributed by atoms with E-state index in [-0.39, 0.29) is 5.41 Å². The van der Waals surface area contributed by atoms with Crippen LogP contribution in [-0.4, -0.2) is 0 Å². The molecular weight excluding hydrogens is 288 g/mol. The van der Waals surface area contributed by atoms with Gasteiger partial charge in [0.05, 0.1) is 5.41 Å². The molecule has 0 saturated carbocycles. The predicted molar refractivity (Wildman–Crippen MR) is 100 cm³/mol. The molecule has 4 aliphatic carbocycles. The first-order valence-corrected chi connectivity index (χ1v) is 8.61. The third-order valence-corrected chi connectivity index (χ3v) is 5.97. The van der Waals surface area contributed by atoms with Crippen LogP contribution < -0.4 is 0 Å². The molecule has 2 aromatic rings. The van der Waals surface area contributed by atoms with Crippen molar-refractivity contribution in [3.8, 4) is 0 Å². The van der Waals surface area contributed by atoms with Crippen LogP contribution in [-0.2, 0) is 5.41 Å². The minimum absolute atomic E-state index is 0.0153. The normalized spacial score (nSPS) is 24.7. The van der Waals surface area contributed by atoms with Gasteiger partial charge in [0.25, 0.3) is 0 Å². The van der Waals surface area contributed by atoms with Crippen molar-refractivity contribution in [3.05, 3.63) is 112 Å². The topological polar surface area (TPSA) is 0 Å². The summed E-state index contributed by atoms with van der Waals surface area (Å²) in [4.78, 5) is 0. The minimum Gasteiger partial charge on any atom is -0.0823 e. The molecule has 0 heterocycles. The summed E-state index contributed by atoms with van der Waals surface area (Å²) in [7, 11) is 0. The van der Waals surface area contributed by atoms with Crippen molar-refractivity contribution in [2.45, 2.75) is 11.8 Å². The van der Waals surface area contributed by atoms with Crippen LogP contribution in [0.3, 0.4) is 0 Å². The van der Waals surface area contributed by atoms with Gasteiger partial charge in [-0.05, 0) is 51.0 Å². The van der Waals surface area contributed by atoms with Crippen molar-refractivity contribution in [1.82, 2.24) is 0 Å². The highest BCUT2D eigenvalue weighted by Crippen LogP contribution is 2.60. The molecule has 2 aromatic carbocycles. The average Bonchev–Trinajstić information content (AvgIpc) is 2.98. The Kier molecular flexibility index (Phi) is 2.17. The molecule has 0 N–H and O–H groups in total. The van der Waals surface area contributed by atoms with Crippen molar-refractivity contribution in [2.75, 3.05) is 0 Å². The quantitative estimate of drug-likeness (QED) is 0.585. The Morgan fingerprint density at radius 2 is 1.58 bits per heavy atom. The van der Waals surface area contributed by atoms with E-state index in [1.165, 1.54) is 44.5 Å². The van der Waals surface area contributed by atoms with E-state index in [0.29, 0.717) is 0 Å². The van der Waals surface area contributed by atoms with E-state index in [4.69, 9.17) is 0 Å². The van der Waals surface area contributed by atoms with E-state index in [1.54, 1.807) is 0 Å². The lowest BCUT2D eigenvalue weighted by atomic mass is 9.58. The fraction of sp³-hybridized carbons (Fsp3) is 0.0833. The largest absolute Gasteiger partial charge is 0.0823 e. The summed E-state index contributed by atoms with van der Waals surface area (Å²) in [6.45, 7) is 0. The fourth-order valence-electron chi connectivity index (χ4n) is 5.01. The van der Waals surface area contributed by atoms with Crippen molar-refractivity contribution in [1.29, 1.82) is 0 Å². The van der Waals surface area contributed by atoms with E-state index < -0.39 is 0 Å². The van der Waals surface area contributed by atoms with Crippen LogP contribution in [0.25, 0.3) is 17.2 Å². The zero-order chi connectivity index (χ0) is 15.7. The van der Waals surface area contributed by atoms with Gasteiger partial charge in [-0.1, -0.05) is 85.0 Å². The van der Waals surface area contributed by atoms with Gasteiger partial charge in [-0.15, -0.1) is 0 Å². The van der Waals surface area contributed by atoms with Gasteiger partial charge in [0.15, 0.2) is 0 Å². The highest BCUT2D eigenvalue weighted by molar-refractivity contribution is 6.08. The Balaban J connectivity index is 1.76. The Hall–Kier alpha value is -2.86. The first-order chi connectivity index (χ1) is 11.9. The van der Waals surface area contributed by atoms with E-state index in [0.717, 1.165) is 6.42 Å². The minimum atomic E-state index is -0.0153. The summed E-state index contributed by atoms with van der Waals surface area (Å²) in [5.41, 5.74) is 11.3. The van der Waals surface area contributed by atoms with Crippen LogP contribution in [0, 0.1) is 0 Å². The number of allylic oxidation sites excluding steroid dienone is 9. The van der Waals surface area contributed by atoms with E-state index >= 15 is 0 Å². The van der Waals surface area contributed by atoms with E-state index in [2.05, 4.69) is 85.0 Å². The number of hydrogen-bond donors (Lipinski definition) is 0. The van der Waals surface area contributed by atoms with Crippen molar-refractivity contribution in [3.63, 3.8) is 0 Å². The average molecular weight is 304 g/mol. The van der Waals surface area contributed by atoms with Crippen LogP contribution in [0.1, 0.15) is 28.7 Å². The number of rotatable bonds is 0. The Bertz CT molecular complexity index is 1070. The lowest BCUT2D eigenvalue weighted by Gasteiger charge is -2.44. The highest BCUT2D eigenvalue weighted by Gasteiger charge is 2.48. The number of benzene rings is 2. The maximum atomic E-state index is 2.37. The zero-order valence-electron chi connectivity index (χ0n) is 13.3. The second-order valence-corrected chi connectivity index (χ2v) is 6.97. The molecule has 4 aliphatic rings. The summed E-state index contributed by atoms with van der Waals surface area (Å²) >= 11 is 0. The first-order valence-electron chi connectivity index (χ1n) is 8.61. The van der Waals surface area contributed by atoms with Crippen LogP contribution in [0.4, 0.5) is 0 Å². The molecule has 6 rings (SSSR count). The number of hydrogen-bond acceptors (Lipinski definition) is 0. The SMILES string of the molecule is C1=CC2=C3C(=CC=C4C=Cc5ccccc5C43C1)c1ccccc12. The van der Waals surface area contributed by atoms with Crippen LogP contribution in [0.15, 0.2) is 90.1 Å². The molecule has 0 bridgehead atoms. The van der Waals surface area contributed by atoms with E-state index in [9.17, 15) is 0 Å². The van der Waals surface area contributed by atoms with Gasteiger partial charge in [-0.3, -0.25) is 0 Å². The molecule has 0 fully saturated rings. The molecule has 0 nitrogen and oxygen atoms in total. The van der Waals surface area contributed by atoms with Gasteiger partial charge in [-0.2, -0.15) is 0 Å². The second kappa shape index (κ2) is 4.15. The molecular formula is C24H16. The Morgan fingerprint density at radius 3 is 2.54 bits per heavy atom. The Morgan fingerprint density at radius 1 is 0.750 bits per heavy atom. The summed E-state index contributed by atoms with van der Waals surface area (Å²) < 4.78 is 0. The predicted octanol–water partition coefficient (Wildman–Crippen LogP) is 5.70. The third-order valence-electron chi connectivity index (χ3n) is 5.97. The highest BCUT2D eigenvalue weighted by atomic mass is 14.5. The standard InChI is InChI=1S/C24H16/c1-4-10-22-16(6-1)11-12-17-13-14-21-19-8-3-2-7-18(19)20-9-5-15-24(17,22)23(20)21/h1-14H,15H2. The Labute approximate surface area is 141 Å². The lowest BCUT2D eigenvalue weighted by molar-refractivity contribution is 0.618. The summed E-state index contributed by atoms with van der Waals surface area (Å²) in [6, 6.07) is 17.7. The van der Waals surface area contributed by atoms with Gasteiger partial charge in [0.1, 0.15) is 0 Å². The maximum absolute atomic E-state index is 2.37. The molecule has 1 spiro atoms. The molecule has 1 atom stereocenters. The van der Waals surface area contributed by atoms with Crippen molar-refractivity contribution in [2.24, 2.45) is 0 Å². The molecule has 0 saturated heterocycles. The molecule has 24 heavy (non-hydrogen) atoms. The molecule has 0 aliphatic heterocycles. The molecule has 0 radical (unpaired) electrons.